The smallest absolute Gasteiger partial charge is 0.379 e. The number of β-amino-alcohol motifs (C(OH)–C–C–N with tert-alkyl or cyclic N) is 1. The Hall–Kier alpha value is -0.820. The molecule has 0 radical (unpaired) electrons. The molecule has 1 atom stereocenters. The van der Waals surface area contributed by atoms with Gasteiger partial charge in [0, 0.05) is 6.54 Å². The number of primary amides is 1. The van der Waals surface area contributed by atoms with E-state index >= 15 is 0 Å². The van der Waals surface area contributed by atoms with Crippen LogP contribution < -0.4 is 5.73 Å². The second kappa shape index (κ2) is 3.97. The van der Waals surface area contributed by atoms with Gasteiger partial charge >= 0.3 is 6.18 Å². The number of nitrogens with two attached hydrogens (primary N) is 1. The number of rotatable bonds is 2. The largest absolute Gasteiger partial charge is 0.401 e. The van der Waals surface area contributed by atoms with Crippen molar-refractivity contribution in [2.24, 2.45) is 5.73 Å². The van der Waals surface area contributed by atoms with Crippen molar-refractivity contribution >= 4 is 5.91 Å². The summed E-state index contributed by atoms with van der Waals surface area (Å²) in [5.74, 6) is -0.964. The summed E-state index contributed by atoms with van der Waals surface area (Å²) in [6, 6.07) is 0. The SMILES string of the molecule is NC(=O)C1(O)CCCN(CC(F)(F)F)C1. The number of carbonyl (C=O) groups is 1. The van der Waals surface area contributed by atoms with Crippen LogP contribution in [0.15, 0.2) is 0 Å². The van der Waals surface area contributed by atoms with Crippen LogP contribution in [-0.4, -0.2) is 47.3 Å². The molecule has 0 aromatic rings. The Bertz CT molecular complexity index is 257. The van der Waals surface area contributed by atoms with E-state index in [0.29, 0.717) is 6.42 Å². The molecule has 1 saturated heterocycles. The van der Waals surface area contributed by atoms with Crippen LogP contribution in [0.5, 0.6) is 0 Å². The standard InChI is InChI=1S/C8H13F3N2O2/c9-8(10,11)5-13-3-1-2-7(15,4-13)6(12)14/h15H,1-5H2,(H2,12,14). The van der Waals surface area contributed by atoms with Gasteiger partial charge < -0.3 is 10.8 Å². The molecule has 0 spiro atoms. The Morgan fingerprint density at radius 1 is 1.53 bits per heavy atom. The highest BCUT2D eigenvalue weighted by molar-refractivity contribution is 5.83. The van der Waals surface area contributed by atoms with Gasteiger partial charge in [-0.1, -0.05) is 0 Å². The molecule has 1 heterocycles. The fourth-order valence-electron chi connectivity index (χ4n) is 1.71. The summed E-state index contributed by atoms with van der Waals surface area (Å²) in [5.41, 5.74) is 3.11. The lowest BCUT2D eigenvalue weighted by atomic mass is 9.92. The maximum atomic E-state index is 12.1. The maximum absolute atomic E-state index is 12.1. The fourth-order valence-corrected chi connectivity index (χ4v) is 1.71. The van der Waals surface area contributed by atoms with E-state index in [1.165, 1.54) is 0 Å². The van der Waals surface area contributed by atoms with Crippen molar-refractivity contribution in [3.05, 3.63) is 0 Å². The van der Waals surface area contributed by atoms with E-state index < -0.39 is 24.2 Å². The topological polar surface area (TPSA) is 66.6 Å². The first-order chi connectivity index (χ1) is 6.73. The van der Waals surface area contributed by atoms with Crippen molar-refractivity contribution in [3.8, 4) is 0 Å². The van der Waals surface area contributed by atoms with Gasteiger partial charge in [-0.3, -0.25) is 9.69 Å². The summed E-state index contributed by atoms with van der Waals surface area (Å²) in [5, 5.41) is 9.63. The molecule has 7 heteroatoms. The fraction of sp³-hybridized carbons (Fsp3) is 0.875. The first kappa shape index (κ1) is 12.3. The maximum Gasteiger partial charge on any atom is 0.401 e. The summed E-state index contributed by atoms with van der Waals surface area (Å²) in [4.78, 5) is 11.8. The quantitative estimate of drug-likeness (QED) is 0.688. The third-order valence-electron chi connectivity index (χ3n) is 2.41. The Morgan fingerprint density at radius 3 is 2.60 bits per heavy atom. The molecule has 0 bridgehead atoms. The highest BCUT2D eigenvalue weighted by atomic mass is 19.4. The Morgan fingerprint density at radius 2 is 2.13 bits per heavy atom. The lowest BCUT2D eigenvalue weighted by Crippen LogP contribution is -2.57. The number of nitrogens with zero attached hydrogens (tertiary/aromatic N) is 1. The van der Waals surface area contributed by atoms with Gasteiger partial charge in [0.2, 0.25) is 0 Å². The molecule has 1 fully saturated rings. The molecule has 1 unspecified atom stereocenters. The third-order valence-corrected chi connectivity index (χ3v) is 2.41. The van der Waals surface area contributed by atoms with Crippen molar-refractivity contribution in [1.29, 1.82) is 0 Å². The summed E-state index contributed by atoms with van der Waals surface area (Å²) in [6.07, 6.45) is -3.87. The summed E-state index contributed by atoms with van der Waals surface area (Å²) in [7, 11) is 0. The van der Waals surface area contributed by atoms with E-state index in [1.54, 1.807) is 0 Å². The minimum atomic E-state index is -4.32. The van der Waals surface area contributed by atoms with Crippen LogP contribution in [0.25, 0.3) is 0 Å². The molecule has 88 valence electrons. The Balaban J connectivity index is 2.60. The number of amides is 1. The first-order valence-electron chi connectivity index (χ1n) is 4.54. The van der Waals surface area contributed by atoms with Crippen LogP contribution in [0.2, 0.25) is 0 Å². The highest BCUT2D eigenvalue weighted by Crippen LogP contribution is 2.24. The van der Waals surface area contributed by atoms with Crippen molar-refractivity contribution in [2.75, 3.05) is 19.6 Å². The predicted molar refractivity (Wildman–Crippen MR) is 45.9 cm³/mol. The molecule has 1 aliphatic heterocycles. The van der Waals surface area contributed by atoms with Gasteiger partial charge in [-0.2, -0.15) is 13.2 Å². The van der Waals surface area contributed by atoms with Gasteiger partial charge in [-0.15, -0.1) is 0 Å². The molecule has 0 aromatic heterocycles. The number of aliphatic hydroxyl groups is 1. The zero-order chi connectivity index (χ0) is 11.7. The van der Waals surface area contributed by atoms with Crippen molar-refractivity contribution in [2.45, 2.75) is 24.6 Å². The van der Waals surface area contributed by atoms with E-state index in [9.17, 15) is 23.1 Å². The highest BCUT2D eigenvalue weighted by Gasteiger charge is 2.41. The second-order valence-electron chi connectivity index (χ2n) is 3.83. The van der Waals surface area contributed by atoms with E-state index in [1.807, 2.05) is 0 Å². The van der Waals surface area contributed by atoms with E-state index in [-0.39, 0.29) is 19.5 Å². The van der Waals surface area contributed by atoms with Gasteiger partial charge in [0.25, 0.3) is 5.91 Å². The van der Waals surface area contributed by atoms with Crippen LogP contribution in [-0.2, 0) is 4.79 Å². The molecular weight excluding hydrogens is 213 g/mol. The van der Waals surface area contributed by atoms with Crippen LogP contribution in [0, 0.1) is 0 Å². The minimum Gasteiger partial charge on any atom is -0.379 e. The number of halogens is 3. The van der Waals surface area contributed by atoms with Gasteiger partial charge in [-0.25, -0.2) is 0 Å². The monoisotopic (exact) mass is 226 g/mol. The second-order valence-corrected chi connectivity index (χ2v) is 3.83. The summed E-state index contributed by atoms with van der Waals surface area (Å²) >= 11 is 0. The van der Waals surface area contributed by atoms with Crippen LogP contribution >= 0.6 is 0 Å². The molecule has 15 heavy (non-hydrogen) atoms. The van der Waals surface area contributed by atoms with Gasteiger partial charge in [0.15, 0.2) is 5.60 Å². The van der Waals surface area contributed by atoms with Crippen molar-refractivity contribution in [1.82, 2.24) is 4.90 Å². The normalized spacial score (nSPS) is 29.1. The predicted octanol–water partition coefficient (Wildman–Crippen LogP) is -0.139. The summed E-state index contributed by atoms with van der Waals surface area (Å²) < 4.78 is 36.2. The van der Waals surface area contributed by atoms with Crippen LogP contribution in [0.4, 0.5) is 13.2 Å². The number of carbonyl (C=O) groups excluding carboxylic acids is 1. The number of piperidine rings is 1. The van der Waals surface area contributed by atoms with E-state index in [2.05, 4.69) is 0 Å². The molecule has 1 rings (SSSR count). The zero-order valence-electron chi connectivity index (χ0n) is 8.05. The third kappa shape index (κ3) is 3.35. The number of likely N-dealkylation sites (tertiary alicyclic amines) is 1. The molecule has 1 aliphatic rings. The van der Waals surface area contributed by atoms with Gasteiger partial charge in [0.1, 0.15) is 0 Å². The lowest BCUT2D eigenvalue weighted by molar-refractivity contribution is -0.164. The Labute approximate surface area is 84.8 Å². The van der Waals surface area contributed by atoms with E-state index in [4.69, 9.17) is 5.73 Å². The molecule has 4 nitrogen and oxygen atoms in total. The molecular formula is C8H13F3N2O2. The number of alkyl halides is 3. The zero-order valence-corrected chi connectivity index (χ0v) is 8.05. The van der Waals surface area contributed by atoms with Crippen molar-refractivity contribution < 1.29 is 23.1 Å². The lowest BCUT2D eigenvalue weighted by Gasteiger charge is -2.37. The molecule has 0 aliphatic carbocycles. The number of hydrogen-bond acceptors (Lipinski definition) is 3. The van der Waals surface area contributed by atoms with Crippen LogP contribution in [0.3, 0.4) is 0 Å². The average molecular weight is 226 g/mol. The number of hydrogen-bond donors (Lipinski definition) is 2. The van der Waals surface area contributed by atoms with Crippen molar-refractivity contribution in [3.63, 3.8) is 0 Å². The Kier molecular flexibility index (Phi) is 3.25. The van der Waals surface area contributed by atoms with Gasteiger partial charge in [-0.05, 0) is 19.4 Å². The first-order valence-corrected chi connectivity index (χ1v) is 4.54. The molecule has 0 saturated carbocycles. The van der Waals surface area contributed by atoms with Crippen LogP contribution in [0.1, 0.15) is 12.8 Å². The molecule has 1 amide bonds. The minimum absolute atomic E-state index is 0.122. The molecule has 0 aromatic carbocycles. The average Bonchev–Trinajstić information content (AvgIpc) is 2.00. The van der Waals surface area contributed by atoms with E-state index in [0.717, 1.165) is 4.90 Å². The van der Waals surface area contributed by atoms with Gasteiger partial charge in [0.05, 0.1) is 6.54 Å². The molecule has 3 N–H and O–H groups in total. The summed E-state index contributed by atoms with van der Waals surface area (Å²) in [6.45, 7) is -1.25.